The third-order valence-corrected chi connectivity index (χ3v) is 4.75. The summed E-state index contributed by atoms with van der Waals surface area (Å²) in [7, 11) is 0. The number of nitrogens with one attached hydrogen (secondary N) is 1. The average molecular weight is 467 g/mol. The summed E-state index contributed by atoms with van der Waals surface area (Å²) in [6.45, 7) is 3.92. The van der Waals surface area contributed by atoms with E-state index in [9.17, 15) is 9.59 Å². The molecule has 0 aliphatic rings. The topological polar surface area (TPSA) is 86.2 Å². The number of carbonyl (C=O) groups excluding carboxylic acids is 2. The van der Waals surface area contributed by atoms with Gasteiger partial charge in [0.2, 0.25) is 0 Å². The van der Waals surface area contributed by atoms with Crippen molar-refractivity contribution < 1.29 is 23.8 Å². The summed E-state index contributed by atoms with van der Waals surface area (Å²) in [4.78, 5) is 24.4. The zero-order chi connectivity index (χ0) is 23.6. The minimum atomic E-state index is -0.594. The van der Waals surface area contributed by atoms with E-state index < -0.39 is 11.9 Å². The standard InChI is InChI=1S/C25H23ClN2O5/c1-3-31-23-14-18(12-13-22(23)33-25(30)19-9-5-6-10-20(19)26)15-27-28-24(29)16-32-21-11-7-4-8-17(21)2/h4-15H,3,16H2,1-2H3,(H,28,29)/b27-15-. The molecule has 8 heteroatoms. The van der Waals surface area contributed by atoms with E-state index in [0.29, 0.717) is 28.7 Å². The van der Waals surface area contributed by atoms with Gasteiger partial charge in [-0.3, -0.25) is 4.79 Å². The van der Waals surface area contributed by atoms with Gasteiger partial charge in [-0.2, -0.15) is 5.10 Å². The molecule has 33 heavy (non-hydrogen) atoms. The van der Waals surface area contributed by atoms with Crippen molar-refractivity contribution in [2.24, 2.45) is 5.10 Å². The molecule has 7 nitrogen and oxygen atoms in total. The smallest absolute Gasteiger partial charge is 0.345 e. The minimum Gasteiger partial charge on any atom is -0.490 e. The van der Waals surface area contributed by atoms with Gasteiger partial charge in [-0.15, -0.1) is 0 Å². The Morgan fingerprint density at radius 1 is 0.970 bits per heavy atom. The lowest BCUT2D eigenvalue weighted by Gasteiger charge is -2.12. The van der Waals surface area contributed by atoms with Gasteiger partial charge < -0.3 is 14.2 Å². The molecule has 170 valence electrons. The van der Waals surface area contributed by atoms with Gasteiger partial charge in [0.15, 0.2) is 18.1 Å². The molecule has 0 saturated heterocycles. The van der Waals surface area contributed by atoms with Crippen molar-refractivity contribution >= 4 is 29.7 Å². The normalized spacial score (nSPS) is 10.6. The molecule has 0 fully saturated rings. The first-order chi connectivity index (χ1) is 16.0. The second kappa shape index (κ2) is 11.7. The largest absolute Gasteiger partial charge is 0.490 e. The summed E-state index contributed by atoms with van der Waals surface area (Å²) < 4.78 is 16.5. The predicted octanol–water partition coefficient (Wildman–Crippen LogP) is 4.80. The summed E-state index contributed by atoms with van der Waals surface area (Å²) in [6, 6.07) is 19.0. The molecular weight excluding hydrogens is 444 g/mol. The lowest BCUT2D eigenvalue weighted by molar-refractivity contribution is -0.123. The Balaban J connectivity index is 1.61. The first-order valence-electron chi connectivity index (χ1n) is 10.2. The van der Waals surface area contributed by atoms with Crippen molar-refractivity contribution in [1.82, 2.24) is 5.43 Å². The van der Waals surface area contributed by atoms with Crippen molar-refractivity contribution in [3.8, 4) is 17.2 Å². The number of hydrazone groups is 1. The molecule has 1 N–H and O–H groups in total. The quantitative estimate of drug-likeness (QED) is 0.212. The Morgan fingerprint density at radius 2 is 1.73 bits per heavy atom. The third kappa shape index (κ3) is 6.82. The molecule has 3 aromatic carbocycles. The zero-order valence-electron chi connectivity index (χ0n) is 18.2. The van der Waals surface area contributed by atoms with Gasteiger partial charge >= 0.3 is 5.97 Å². The predicted molar refractivity (Wildman–Crippen MR) is 126 cm³/mol. The Morgan fingerprint density at radius 3 is 2.48 bits per heavy atom. The number of hydrogen-bond acceptors (Lipinski definition) is 6. The van der Waals surface area contributed by atoms with Crippen LogP contribution in [0.25, 0.3) is 0 Å². The van der Waals surface area contributed by atoms with Crippen LogP contribution in [0.15, 0.2) is 71.8 Å². The maximum atomic E-state index is 12.5. The molecule has 0 aliphatic heterocycles. The van der Waals surface area contributed by atoms with Crippen LogP contribution < -0.4 is 19.6 Å². The van der Waals surface area contributed by atoms with E-state index in [1.54, 1.807) is 48.5 Å². The van der Waals surface area contributed by atoms with Gasteiger partial charge in [0.05, 0.1) is 23.4 Å². The summed E-state index contributed by atoms with van der Waals surface area (Å²) in [5, 5.41) is 4.24. The molecule has 3 rings (SSSR count). The Labute approximate surface area is 196 Å². The number of carbonyl (C=O) groups is 2. The molecule has 0 unspecified atom stereocenters. The molecule has 0 aromatic heterocycles. The molecule has 0 atom stereocenters. The van der Waals surface area contributed by atoms with Gasteiger partial charge in [-0.1, -0.05) is 41.9 Å². The molecule has 0 bridgehead atoms. The lowest BCUT2D eigenvalue weighted by atomic mass is 10.2. The van der Waals surface area contributed by atoms with Crippen LogP contribution in [-0.4, -0.2) is 31.3 Å². The van der Waals surface area contributed by atoms with Crippen molar-refractivity contribution in [3.05, 3.63) is 88.4 Å². The second-order valence-electron chi connectivity index (χ2n) is 6.86. The molecule has 0 heterocycles. The molecule has 3 aromatic rings. The van der Waals surface area contributed by atoms with Crippen molar-refractivity contribution in [1.29, 1.82) is 0 Å². The average Bonchev–Trinajstić information content (AvgIpc) is 2.80. The van der Waals surface area contributed by atoms with Crippen LogP contribution in [0.5, 0.6) is 17.2 Å². The number of rotatable bonds is 9. The number of halogens is 1. The molecule has 0 radical (unpaired) electrons. The Kier molecular flexibility index (Phi) is 8.43. The number of nitrogens with zero attached hydrogens (tertiary/aromatic N) is 1. The Hall–Kier alpha value is -3.84. The van der Waals surface area contributed by atoms with E-state index in [1.807, 2.05) is 32.0 Å². The number of amides is 1. The fourth-order valence-corrected chi connectivity index (χ4v) is 3.02. The number of benzene rings is 3. The van der Waals surface area contributed by atoms with E-state index in [-0.39, 0.29) is 17.9 Å². The molecular formula is C25H23ClN2O5. The summed E-state index contributed by atoms with van der Waals surface area (Å²) in [5.41, 5.74) is 4.24. The first kappa shape index (κ1) is 23.8. The highest BCUT2D eigenvalue weighted by Gasteiger charge is 2.15. The molecule has 1 amide bonds. The van der Waals surface area contributed by atoms with Crippen LogP contribution in [0.2, 0.25) is 5.02 Å². The van der Waals surface area contributed by atoms with Crippen molar-refractivity contribution in [2.45, 2.75) is 13.8 Å². The number of esters is 1. The van der Waals surface area contributed by atoms with E-state index in [4.69, 9.17) is 25.8 Å². The highest BCUT2D eigenvalue weighted by Crippen LogP contribution is 2.29. The van der Waals surface area contributed by atoms with Crippen LogP contribution >= 0.6 is 11.6 Å². The lowest BCUT2D eigenvalue weighted by Crippen LogP contribution is -2.24. The summed E-state index contributed by atoms with van der Waals surface area (Å²) >= 11 is 6.07. The number of aryl methyl sites for hydroxylation is 1. The highest BCUT2D eigenvalue weighted by atomic mass is 35.5. The van der Waals surface area contributed by atoms with Crippen LogP contribution in [0.4, 0.5) is 0 Å². The van der Waals surface area contributed by atoms with Gasteiger partial charge in [-0.25, -0.2) is 10.2 Å². The van der Waals surface area contributed by atoms with Crippen LogP contribution in [0.1, 0.15) is 28.4 Å². The van der Waals surface area contributed by atoms with Crippen molar-refractivity contribution in [2.75, 3.05) is 13.2 Å². The highest BCUT2D eigenvalue weighted by molar-refractivity contribution is 6.33. The molecule has 0 spiro atoms. The minimum absolute atomic E-state index is 0.163. The summed E-state index contributed by atoms with van der Waals surface area (Å²) in [5.74, 6) is 0.249. The molecule has 0 aliphatic carbocycles. The molecule has 0 saturated carbocycles. The van der Waals surface area contributed by atoms with Crippen LogP contribution in [-0.2, 0) is 4.79 Å². The number of hydrogen-bond donors (Lipinski definition) is 1. The second-order valence-corrected chi connectivity index (χ2v) is 7.26. The first-order valence-corrected chi connectivity index (χ1v) is 10.6. The van der Waals surface area contributed by atoms with Crippen molar-refractivity contribution in [3.63, 3.8) is 0 Å². The maximum Gasteiger partial charge on any atom is 0.345 e. The maximum absolute atomic E-state index is 12.5. The Bertz CT molecular complexity index is 1160. The number of para-hydroxylation sites is 1. The number of ether oxygens (including phenoxy) is 3. The van der Waals surface area contributed by atoms with E-state index in [0.717, 1.165) is 5.56 Å². The zero-order valence-corrected chi connectivity index (χ0v) is 19.0. The van der Waals surface area contributed by atoms with Gasteiger partial charge in [0.25, 0.3) is 5.91 Å². The SMILES string of the molecule is CCOc1cc(/C=N\NC(=O)COc2ccccc2C)ccc1OC(=O)c1ccccc1Cl. The van der Waals surface area contributed by atoms with Gasteiger partial charge in [0.1, 0.15) is 5.75 Å². The van der Waals surface area contributed by atoms with E-state index in [2.05, 4.69) is 10.5 Å². The van der Waals surface area contributed by atoms with Gasteiger partial charge in [-0.05, 0) is 61.4 Å². The fourth-order valence-electron chi connectivity index (χ4n) is 2.81. The van der Waals surface area contributed by atoms with Gasteiger partial charge in [0, 0.05) is 0 Å². The van der Waals surface area contributed by atoms with E-state index >= 15 is 0 Å². The monoisotopic (exact) mass is 466 g/mol. The van der Waals surface area contributed by atoms with E-state index in [1.165, 1.54) is 6.21 Å². The van der Waals surface area contributed by atoms with Crippen LogP contribution in [0.3, 0.4) is 0 Å². The fraction of sp³-hybridized carbons (Fsp3) is 0.160. The third-order valence-electron chi connectivity index (χ3n) is 4.42. The summed E-state index contributed by atoms with van der Waals surface area (Å²) in [6.07, 6.45) is 1.45. The van der Waals surface area contributed by atoms with Crippen LogP contribution in [0, 0.1) is 6.92 Å².